The minimum atomic E-state index is -0.420. The third-order valence-electron chi connectivity index (χ3n) is 3.27. The van der Waals surface area contributed by atoms with Crippen LogP contribution in [0.2, 0.25) is 0 Å². The summed E-state index contributed by atoms with van der Waals surface area (Å²) in [6, 6.07) is 14.6. The molecule has 0 saturated heterocycles. The monoisotopic (exact) mass is 300 g/mol. The van der Waals surface area contributed by atoms with Gasteiger partial charge in [-0.3, -0.25) is 0 Å². The number of halogens is 2. The number of benzene rings is 2. The molecule has 0 spiro atoms. The Morgan fingerprint density at radius 2 is 1.86 bits per heavy atom. The first-order valence-electron chi connectivity index (χ1n) is 6.64. The van der Waals surface area contributed by atoms with E-state index in [1.165, 1.54) is 12.1 Å². The first-order valence-corrected chi connectivity index (χ1v) is 7.08. The Balaban J connectivity index is 1.92. The molecule has 0 N–H and O–H groups in total. The van der Waals surface area contributed by atoms with Gasteiger partial charge in [0.1, 0.15) is 5.82 Å². The van der Waals surface area contributed by atoms with E-state index in [9.17, 15) is 4.39 Å². The molecular formula is C17H14ClFN2. The number of hydrogen-bond donors (Lipinski definition) is 0. The van der Waals surface area contributed by atoms with Crippen LogP contribution in [0.1, 0.15) is 22.1 Å². The number of rotatable bonds is 3. The summed E-state index contributed by atoms with van der Waals surface area (Å²) in [6.45, 7) is 1.85. The fourth-order valence-corrected chi connectivity index (χ4v) is 2.53. The van der Waals surface area contributed by atoms with Crippen LogP contribution in [0.15, 0.2) is 60.9 Å². The number of alkyl halides is 1. The summed E-state index contributed by atoms with van der Waals surface area (Å²) in [5.74, 6) is -0.272. The lowest BCUT2D eigenvalue weighted by Gasteiger charge is -2.09. The topological polar surface area (TPSA) is 17.8 Å². The second-order valence-corrected chi connectivity index (χ2v) is 5.41. The molecule has 106 valence electrons. The van der Waals surface area contributed by atoms with Gasteiger partial charge in [-0.15, -0.1) is 11.6 Å². The van der Waals surface area contributed by atoms with Crippen LogP contribution in [0.3, 0.4) is 0 Å². The number of nitrogens with zero attached hydrogens (tertiary/aromatic N) is 2. The van der Waals surface area contributed by atoms with Crippen LogP contribution in [0, 0.1) is 12.7 Å². The van der Waals surface area contributed by atoms with Crippen molar-refractivity contribution in [1.82, 2.24) is 9.78 Å². The van der Waals surface area contributed by atoms with E-state index in [1.54, 1.807) is 10.9 Å². The third kappa shape index (κ3) is 2.98. The Bertz CT molecular complexity index is 732. The molecule has 2 nitrogen and oxygen atoms in total. The summed E-state index contributed by atoms with van der Waals surface area (Å²) in [6.07, 6.45) is 3.58. The van der Waals surface area contributed by atoms with E-state index in [1.807, 2.05) is 49.5 Å². The van der Waals surface area contributed by atoms with E-state index < -0.39 is 5.38 Å². The van der Waals surface area contributed by atoms with E-state index in [2.05, 4.69) is 5.10 Å². The maximum Gasteiger partial charge on any atom is 0.123 e. The van der Waals surface area contributed by atoms with Gasteiger partial charge in [-0.1, -0.05) is 24.3 Å². The molecule has 0 aliphatic heterocycles. The van der Waals surface area contributed by atoms with Crippen LogP contribution < -0.4 is 0 Å². The lowest BCUT2D eigenvalue weighted by Crippen LogP contribution is -1.95. The Morgan fingerprint density at radius 3 is 2.57 bits per heavy atom. The van der Waals surface area contributed by atoms with Crippen LogP contribution in [0.5, 0.6) is 0 Å². The van der Waals surface area contributed by atoms with Crippen molar-refractivity contribution in [2.75, 3.05) is 0 Å². The normalized spacial score (nSPS) is 12.3. The Morgan fingerprint density at radius 1 is 1.10 bits per heavy atom. The fraction of sp³-hybridized carbons (Fsp3) is 0.118. The van der Waals surface area contributed by atoms with Crippen LogP contribution in [-0.2, 0) is 0 Å². The molecule has 3 rings (SSSR count). The maximum atomic E-state index is 13.5. The number of aromatic nitrogens is 2. The van der Waals surface area contributed by atoms with Crippen molar-refractivity contribution in [1.29, 1.82) is 0 Å². The van der Waals surface area contributed by atoms with Crippen molar-refractivity contribution in [3.63, 3.8) is 0 Å². The molecule has 1 atom stereocenters. The molecule has 4 heteroatoms. The Kier molecular flexibility index (Phi) is 3.76. The molecule has 21 heavy (non-hydrogen) atoms. The molecule has 0 radical (unpaired) electrons. The van der Waals surface area contributed by atoms with Crippen LogP contribution >= 0.6 is 11.6 Å². The summed E-state index contributed by atoms with van der Waals surface area (Å²) in [4.78, 5) is 0. The Hall–Kier alpha value is -2.13. The average molecular weight is 301 g/mol. The maximum absolute atomic E-state index is 13.5. The fourth-order valence-electron chi connectivity index (χ4n) is 2.29. The van der Waals surface area contributed by atoms with Crippen molar-refractivity contribution >= 4 is 11.6 Å². The molecule has 2 aromatic carbocycles. The van der Waals surface area contributed by atoms with E-state index in [4.69, 9.17) is 11.6 Å². The highest BCUT2D eigenvalue weighted by molar-refractivity contribution is 6.22. The van der Waals surface area contributed by atoms with Gasteiger partial charge in [-0.25, -0.2) is 9.07 Å². The summed E-state index contributed by atoms with van der Waals surface area (Å²) < 4.78 is 15.3. The van der Waals surface area contributed by atoms with E-state index in [0.29, 0.717) is 0 Å². The van der Waals surface area contributed by atoms with Crippen LogP contribution in [0.4, 0.5) is 4.39 Å². The molecule has 0 amide bonds. The standard InChI is InChI=1S/C17H14ClFN2/c1-12-7-13(9-15(19)8-12)17(18)14-10-20-21(11-14)16-5-3-2-4-6-16/h2-11,17H,1H3. The average Bonchev–Trinajstić information content (AvgIpc) is 2.96. The van der Waals surface area contributed by atoms with Gasteiger partial charge in [-0.2, -0.15) is 5.10 Å². The zero-order valence-corrected chi connectivity index (χ0v) is 12.3. The molecule has 0 saturated carbocycles. The van der Waals surface area contributed by atoms with Gasteiger partial charge >= 0.3 is 0 Å². The minimum Gasteiger partial charge on any atom is -0.241 e. The summed E-state index contributed by atoms with van der Waals surface area (Å²) in [7, 11) is 0. The molecule has 1 unspecified atom stereocenters. The van der Waals surface area contributed by atoms with E-state index in [-0.39, 0.29) is 5.82 Å². The zero-order valence-electron chi connectivity index (χ0n) is 11.5. The van der Waals surface area contributed by atoms with Gasteiger partial charge in [0, 0.05) is 11.8 Å². The lowest BCUT2D eigenvalue weighted by atomic mass is 10.0. The highest BCUT2D eigenvalue weighted by Gasteiger charge is 2.14. The van der Waals surface area contributed by atoms with Crippen molar-refractivity contribution in [2.45, 2.75) is 12.3 Å². The molecule has 0 aliphatic carbocycles. The summed E-state index contributed by atoms with van der Waals surface area (Å²) in [5.41, 5.74) is 3.39. The number of aryl methyl sites for hydroxylation is 1. The highest BCUT2D eigenvalue weighted by atomic mass is 35.5. The third-order valence-corrected chi connectivity index (χ3v) is 3.78. The van der Waals surface area contributed by atoms with Gasteiger partial charge in [0.15, 0.2) is 0 Å². The predicted octanol–water partition coefficient (Wildman–Crippen LogP) is 4.65. The quantitative estimate of drug-likeness (QED) is 0.644. The molecule has 0 fully saturated rings. The summed E-state index contributed by atoms with van der Waals surface area (Å²) >= 11 is 6.46. The minimum absolute atomic E-state index is 0.272. The van der Waals surface area contributed by atoms with Gasteiger partial charge in [0.25, 0.3) is 0 Å². The van der Waals surface area contributed by atoms with Crippen LogP contribution in [-0.4, -0.2) is 9.78 Å². The van der Waals surface area contributed by atoms with Gasteiger partial charge in [-0.05, 0) is 42.3 Å². The second kappa shape index (κ2) is 5.70. The number of para-hydroxylation sites is 1. The van der Waals surface area contributed by atoms with Crippen molar-refractivity contribution in [2.24, 2.45) is 0 Å². The zero-order chi connectivity index (χ0) is 14.8. The summed E-state index contributed by atoms with van der Waals surface area (Å²) in [5, 5.41) is 3.90. The number of hydrogen-bond acceptors (Lipinski definition) is 1. The predicted molar refractivity (Wildman–Crippen MR) is 82.4 cm³/mol. The lowest BCUT2D eigenvalue weighted by molar-refractivity contribution is 0.624. The molecule has 3 aromatic rings. The molecule has 0 aliphatic rings. The molecule has 1 aromatic heterocycles. The van der Waals surface area contributed by atoms with E-state index >= 15 is 0 Å². The first kappa shape index (κ1) is 13.8. The SMILES string of the molecule is Cc1cc(F)cc(C(Cl)c2cnn(-c3ccccc3)c2)c1. The van der Waals surface area contributed by atoms with Crippen molar-refractivity contribution in [3.8, 4) is 5.69 Å². The highest BCUT2D eigenvalue weighted by Crippen LogP contribution is 2.30. The second-order valence-electron chi connectivity index (χ2n) is 4.98. The Labute approximate surface area is 127 Å². The first-order chi connectivity index (χ1) is 10.1. The smallest absolute Gasteiger partial charge is 0.123 e. The van der Waals surface area contributed by atoms with Gasteiger partial charge in [0.2, 0.25) is 0 Å². The van der Waals surface area contributed by atoms with Crippen LogP contribution in [0.25, 0.3) is 5.69 Å². The molecule has 0 bridgehead atoms. The molecular weight excluding hydrogens is 287 g/mol. The van der Waals surface area contributed by atoms with Crippen molar-refractivity contribution in [3.05, 3.63) is 83.4 Å². The van der Waals surface area contributed by atoms with Gasteiger partial charge in [0.05, 0.1) is 17.3 Å². The van der Waals surface area contributed by atoms with Crippen molar-refractivity contribution < 1.29 is 4.39 Å². The van der Waals surface area contributed by atoms with E-state index in [0.717, 1.165) is 22.4 Å². The van der Waals surface area contributed by atoms with Gasteiger partial charge < -0.3 is 0 Å². The largest absolute Gasteiger partial charge is 0.241 e. The molecule has 1 heterocycles.